The van der Waals surface area contributed by atoms with Crippen LogP contribution < -0.4 is 0 Å². The average Bonchev–Trinajstić information content (AvgIpc) is 2.27. The van der Waals surface area contributed by atoms with Crippen molar-refractivity contribution in [3.63, 3.8) is 0 Å². The Morgan fingerprint density at radius 1 is 1.12 bits per heavy atom. The molecule has 80 valence electrons. The van der Waals surface area contributed by atoms with Crippen LogP contribution in [0.4, 0.5) is 8.78 Å². The Balaban J connectivity index is 2.70. The maximum Gasteiger partial charge on any atom is 0.264 e. The Hall–Kier alpha value is -1.47. The maximum atomic E-state index is 12.6. The summed E-state index contributed by atoms with van der Waals surface area (Å²) in [5.41, 5.74) is 0.487. The monoisotopic (exact) mass is 281 g/mol. The van der Waals surface area contributed by atoms with Gasteiger partial charge in [0.1, 0.15) is 0 Å². The molecule has 0 aliphatic rings. The van der Waals surface area contributed by atoms with Crippen LogP contribution >= 0.6 is 15.9 Å². The van der Waals surface area contributed by atoms with E-state index in [9.17, 15) is 8.78 Å². The number of hydrogen-bond acceptors (Lipinski definition) is 1. The fourth-order valence-electron chi connectivity index (χ4n) is 1.52. The summed E-state index contributed by atoms with van der Waals surface area (Å²) < 4.78 is 25.6. The molecule has 0 aliphatic heterocycles. The molecule has 1 nitrogen and oxygen atoms in total. The normalized spacial score (nSPS) is 10.7. The summed E-state index contributed by atoms with van der Waals surface area (Å²) in [4.78, 5) is 0. The predicted octanol–water partition coefficient (Wildman–Crippen LogP) is 4.41. The number of hydrogen-bond donors (Lipinski definition) is 0. The third kappa shape index (κ3) is 1.91. The van der Waals surface area contributed by atoms with Crippen LogP contribution in [0.15, 0.2) is 34.8 Å². The molecule has 0 aliphatic carbocycles. The van der Waals surface area contributed by atoms with Gasteiger partial charge in [-0.1, -0.05) is 22.0 Å². The van der Waals surface area contributed by atoms with Gasteiger partial charge < -0.3 is 0 Å². The molecular formula is C12H6BrF2N. The van der Waals surface area contributed by atoms with Gasteiger partial charge in [0, 0.05) is 10.0 Å². The highest BCUT2D eigenvalue weighted by molar-refractivity contribution is 9.10. The van der Waals surface area contributed by atoms with E-state index in [1.807, 2.05) is 6.07 Å². The molecular weight excluding hydrogens is 276 g/mol. The van der Waals surface area contributed by atoms with E-state index in [2.05, 4.69) is 15.9 Å². The molecule has 0 spiro atoms. The molecule has 0 radical (unpaired) electrons. The summed E-state index contributed by atoms with van der Waals surface area (Å²) in [5.74, 6) is 0. The Labute approximate surface area is 99.4 Å². The van der Waals surface area contributed by atoms with E-state index in [1.54, 1.807) is 24.3 Å². The fraction of sp³-hybridized carbons (Fsp3) is 0.0833. The van der Waals surface area contributed by atoms with Gasteiger partial charge in [-0.15, -0.1) is 0 Å². The van der Waals surface area contributed by atoms with Gasteiger partial charge in [-0.05, 0) is 35.0 Å². The van der Waals surface area contributed by atoms with E-state index in [0.29, 0.717) is 15.4 Å². The topological polar surface area (TPSA) is 23.8 Å². The lowest BCUT2D eigenvalue weighted by atomic mass is 10.0. The van der Waals surface area contributed by atoms with Gasteiger partial charge in [-0.2, -0.15) is 5.26 Å². The van der Waals surface area contributed by atoms with Crippen molar-refractivity contribution < 1.29 is 8.78 Å². The first kappa shape index (κ1) is 11.0. The van der Waals surface area contributed by atoms with Gasteiger partial charge in [0.05, 0.1) is 11.6 Å². The van der Waals surface area contributed by atoms with Gasteiger partial charge in [0.15, 0.2) is 0 Å². The van der Waals surface area contributed by atoms with Crippen LogP contribution in [0.3, 0.4) is 0 Å². The molecule has 0 fully saturated rings. The highest BCUT2D eigenvalue weighted by Gasteiger charge is 2.12. The third-order valence-corrected chi connectivity index (χ3v) is 3.01. The van der Waals surface area contributed by atoms with Crippen LogP contribution in [0.25, 0.3) is 10.8 Å². The number of alkyl halides is 2. The number of fused-ring (bicyclic) bond motifs is 1. The van der Waals surface area contributed by atoms with Gasteiger partial charge in [0.25, 0.3) is 6.43 Å². The summed E-state index contributed by atoms with van der Waals surface area (Å²) >= 11 is 3.10. The minimum absolute atomic E-state index is 0.0304. The first-order chi connectivity index (χ1) is 7.61. The highest BCUT2D eigenvalue weighted by Crippen LogP contribution is 2.31. The quantitative estimate of drug-likeness (QED) is 0.760. The second-order valence-corrected chi connectivity index (χ2v) is 4.20. The van der Waals surface area contributed by atoms with Crippen molar-refractivity contribution in [1.82, 2.24) is 0 Å². The van der Waals surface area contributed by atoms with Gasteiger partial charge >= 0.3 is 0 Å². The minimum atomic E-state index is -2.51. The molecule has 0 unspecified atom stereocenters. The van der Waals surface area contributed by atoms with Crippen LogP contribution in [0.2, 0.25) is 0 Å². The molecule has 0 heterocycles. The van der Waals surface area contributed by atoms with Crippen molar-refractivity contribution in [2.75, 3.05) is 0 Å². The first-order valence-electron chi connectivity index (χ1n) is 4.53. The van der Waals surface area contributed by atoms with Crippen molar-refractivity contribution in [1.29, 1.82) is 5.26 Å². The Kier molecular flexibility index (Phi) is 2.88. The fourth-order valence-corrected chi connectivity index (χ4v) is 2.06. The third-order valence-electron chi connectivity index (χ3n) is 2.32. The number of halogens is 3. The molecule has 16 heavy (non-hydrogen) atoms. The van der Waals surface area contributed by atoms with Gasteiger partial charge in [0.2, 0.25) is 0 Å². The predicted molar refractivity (Wildman–Crippen MR) is 61.3 cm³/mol. The molecule has 0 atom stereocenters. The molecule has 0 N–H and O–H groups in total. The van der Waals surface area contributed by atoms with Crippen molar-refractivity contribution in [3.05, 3.63) is 45.9 Å². The van der Waals surface area contributed by atoms with Gasteiger partial charge in [-0.3, -0.25) is 0 Å². The van der Waals surface area contributed by atoms with Crippen LogP contribution in [-0.2, 0) is 0 Å². The smallest absolute Gasteiger partial charge is 0.205 e. The summed E-state index contributed by atoms with van der Waals surface area (Å²) in [6.45, 7) is 0. The minimum Gasteiger partial charge on any atom is -0.205 e. The van der Waals surface area contributed by atoms with Crippen molar-refractivity contribution >= 4 is 26.7 Å². The average molecular weight is 282 g/mol. The van der Waals surface area contributed by atoms with Crippen molar-refractivity contribution in [2.45, 2.75) is 6.43 Å². The van der Waals surface area contributed by atoms with E-state index in [1.165, 1.54) is 6.07 Å². The summed E-state index contributed by atoms with van der Waals surface area (Å²) in [5, 5.41) is 10.2. The lowest BCUT2D eigenvalue weighted by Gasteiger charge is -2.06. The second-order valence-electron chi connectivity index (χ2n) is 3.35. The van der Waals surface area contributed by atoms with E-state index in [0.717, 1.165) is 5.39 Å². The largest absolute Gasteiger partial charge is 0.264 e. The number of nitriles is 1. The Morgan fingerprint density at radius 2 is 1.88 bits per heavy atom. The lowest BCUT2D eigenvalue weighted by molar-refractivity contribution is 0.150. The molecule has 0 amide bonds. The van der Waals surface area contributed by atoms with Crippen LogP contribution in [0.5, 0.6) is 0 Å². The Bertz CT molecular complexity index is 587. The van der Waals surface area contributed by atoms with Crippen molar-refractivity contribution in [2.24, 2.45) is 0 Å². The van der Waals surface area contributed by atoms with Crippen LogP contribution in [0.1, 0.15) is 17.6 Å². The maximum absolute atomic E-state index is 12.6. The van der Waals surface area contributed by atoms with E-state index >= 15 is 0 Å². The van der Waals surface area contributed by atoms with Crippen molar-refractivity contribution in [3.8, 4) is 6.07 Å². The lowest BCUT2D eigenvalue weighted by Crippen LogP contribution is -1.87. The summed E-state index contributed by atoms with van der Waals surface area (Å²) in [7, 11) is 0. The van der Waals surface area contributed by atoms with Crippen LogP contribution in [0, 0.1) is 11.3 Å². The molecule has 0 saturated carbocycles. The highest BCUT2D eigenvalue weighted by atomic mass is 79.9. The second kappa shape index (κ2) is 4.18. The number of nitrogens with zero attached hydrogens (tertiary/aromatic N) is 1. The molecule has 0 saturated heterocycles. The summed E-state index contributed by atoms with van der Waals surface area (Å²) in [6, 6.07) is 10.0. The zero-order valence-corrected chi connectivity index (χ0v) is 9.63. The Morgan fingerprint density at radius 3 is 2.50 bits per heavy atom. The molecule has 2 aromatic carbocycles. The van der Waals surface area contributed by atoms with E-state index < -0.39 is 6.43 Å². The molecule has 0 aromatic heterocycles. The van der Waals surface area contributed by atoms with E-state index in [4.69, 9.17) is 5.26 Å². The zero-order chi connectivity index (χ0) is 11.7. The molecule has 4 heteroatoms. The van der Waals surface area contributed by atoms with Crippen LogP contribution in [-0.4, -0.2) is 0 Å². The van der Waals surface area contributed by atoms with E-state index in [-0.39, 0.29) is 5.56 Å². The SMILES string of the molecule is N#Cc1ccc2cc(C(F)F)c(Br)cc2c1. The number of benzene rings is 2. The van der Waals surface area contributed by atoms with Gasteiger partial charge in [-0.25, -0.2) is 8.78 Å². The molecule has 2 aromatic rings. The zero-order valence-electron chi connectivity index (χ0n) is 8.05. The number of rotatable bonds is 1. The molecule has 2 rings (SSSR count). The summed E-state index contributed by atoms with van der Waals surface area (Å²) in [6.07, 6.45) is -2.51. The first-order valence-corrected chi connectivity index (χ1v) is 5.32. The molecule has 0 bridgehead atoms. The standard InChI is InChI=1S/C12H6BrF2N/c13-11-5-9-3-7(6-16)1-2-8(9)4-10(11)12(14)15/h1-5,12H.